The molecule has 0 saturated carbocycles. The second kappa shape index (κ2) is 12.6. The molecule has 1 aliphatic rings. The topological polar surface area (TPSA) is 89.9 Å². The molecule has 194 valence electrons. The average molecular weight is 522 g/mol. The maximum absolute atomic E-state index is 13.1. The fraction of sp³-hybridized carbons (Fsp3) is 0.321. The number of nitrogens with one attached hydrogen (secondary N) is 1. The number of methoxy groups -OCH3 is 1. The molecule has 3 amide bonds. The number of hydrogen-bond donors (Lipinski definition) is 1. The third-order valence-electron chi connectivity index (χ3n) is 6.04. The second-order valence-electron chi connectivity index (χ2n) is 8.57. The molecule has 2 aromatic carbocycles. The van der Waals surface area contributed by atoms with Crippen molar-refractivity contribution >= 4 is 45.8 Å². The lowest BCUT2D eigenvalue weighted by molar-refractivity contribution is -0.123. The average Bonchev–Trinajstić information content (AvgIpc) is 3.38. The largest absolute Gasteiger partial charge is 0.492 e. The fourth-order valence-electron chi connectivity index (χ4n) is 4.25. The third-order valence-corrected chi connectivity index (χ3v) is 6.95. The van der Waals surface area contributed by atoms with Gasteiger partial charge in [-0.3, -0.25) is 19.3 Å². The van der Waals surface area contributed by atoms with Crippen molar-refractivity contribution in [3.8, 4) is 5.75 Å². The van der Waals surface area contributed by atoms with Crippen LogP contribution in [0, 0.1) is 0 Å². The quantitative estimate of drug-likeness (QED) is 0.279. The summed E-state index contributed by atoms with van der Waals surface area (Å²) < 4.78 is 12.6. The summed E-state index contributed by atoms with van der Waals surface area (Å²) in [6, 6.07) is 15.3. The Hall–Kier alpha value is -3.56. The van der Waals surface area contributed by atoms with E-state index in [-0.39, 0.29) is 36.7 Å². The van der Waals surface area contributed by atoms with Gasteiger partial charge in [-0.05, 0) is 48.4 Å². The first-order valence-electron chi connectivity index (χ1n) is 12.3. The molecule has 4 rings (SSSR count). The number of carbonyl (C=O) groups excluding carboxylic acids is 3. The molecular formula is C28H31N3O5S. The molecule has 1 saturated heterocycles. The molecule has 8 nitrogen and oxygen atoms in total. The molecule has 0 bridgehead atoms. The van der Waals surface area contributed by atoms with E-state index in [1.165, 1.54) is 4.90 Å². The molecule has 1 aliphatic heterocycles. The Balaban J connectivity index is 1.52. The van der Waals surface area contributed by atoms with Crippen LogP contribution < -0.4 is 10.1 Å². The highest BCUT2D eigenvalue weighted by molar-refractivity contribution is 8.18. The standard InChI is InChI=1S/C28H31N3O5S/c1-3-20-9-7-12-23-21(18-30(26(20)23)19-25(32)29-13-8-15-35-2)17-24-27(33)31(28(34)37-24)14-16-36-22-10-5-4-6-11-22/h4-7,9-12,17-18H,3,8,13-16,19H2,1-2H3,(H,29,32)/b24-17-. The molecular weight excluding hydrogens is 490 g/mol. The molecule has 0 aliphatic carbocycles. The minimum atomic E-state index is -0.338. The molecule has 0 radical (unpaired) electrons. The predicted molar refractivity (Wildman–Crippen MR) is 145 cm³/mol. The number of hydrogen-bond acceptors (Lipinski definition) is 6. The summed E-state index contributed by atoms with van der Waals surface area (Å²) in [6.45, 7) is 3.74. The Kier molecular flexibility index (Phi) is 9.03. The second-order valence-corrected chi connectivity index (χ2v) is 9.56. The van der Waals surface area contributed by atoms with E-state index in [2.05, 4.69) is 12.2 Å². The van der Waals surface area contributed by atoms with E-state index in [0.717, 1.165) is 46.6 Å². The van der Waals surface area contributed by atoms with Crippen LogP contribution in [-0.4, -0.2) is 59.9 Å². The van der Waals surface area contributed by atoms with Crippen LogP contribution in [0.3, 0.4) is 0 Å². The normalized spacial score (nSPS) is 14.6. The highest BCUT2D eigenvalue weighted by Gasteiger charge is 2.35. The maximum Gasteiger partial charge on any atom is 0.293 e. The summed E-state index contributed by atoms with van der Waals surface area (Å²) in [5.74, 6) is 0.256. The van der Waals surface area contributed by atoms with E-state index >= 15 is 0 Å². The number of para-hydroxylation sites is 2. The molecule has 1 fully saturated rings. The first kappa shape index (κ1) is 26.5. The lowest BCUT2D eigenvalue weighted by Crippen LogP contribution is -2.32. The van der Waals surface area contributed by atoms with Crippen molar-refractivity contribution in [1.82, 2.24) is 14.8 Å². The zero-order chi connectivity index (χ0) is 26.2. The Morgan fingerprint density at radius 3 is 2.65 bits per heavy atom. The van der Waals surface area contributed by atoms with Gasteiger partial charge < -0.3 is 19.4 Å². The van der Waals surface area contributed by atoms with Crippen LogP contribution in [0.25, 0.3) is 17.0 Å². The monoisotopic (exact) mass is 521 g/mol. The maximum atomic E-state index is 13.1. The highest BCUT2D eigenvalue weighted by Crippen LogP contribution is 2.34. The summed E-state index contributed by atoms with van der Waals surface area (Å²) in [5, 5.41) is 3.54. The van der Waals surface area contributed by atoms with Crippen molar-refractivity contribution < 1.29 is 23.9 Å². The highest BCUT2D eigenvalue weighted by atomic mass is 32.2. The van der Waals surface area contributed by atoms with E-state index in [9.17, 15) is 14.4 Å². The molecule has 37 heavy (non-hydrogen) atoms. The summed E-state index contributed by atoms with van der Waals surface area (Å²) >= 11 is 0.923. The summed E-state index contributed by atoms with van der Waals surface area (Å²) in [7, 11) is 1.63. The van der Waals surface area contributed by atoms with Crippen molar-refractivity contribution in [1.29, 1.82) is 0 Å². The summed E-state index contributed by atoms with van der Waals surface area (Å²) in [4.78, 5) is 39.8. The van der Waals surface area contributed by atoms with E-state index in [0.29, 0.717) is 23.8 Å². The molecule has 1 N–H and O–H groups in total. The Morgan fingerprint density at radius 1 is 1.08 bits per heavy atom. The minimum Gasteiger partial charge on any atom is -0.492 e. The number of carbonyl (C=O) groups is 3. The van der Waals surface area contributed by atoms with E-state index in [4.69, 9.17) is 9.47 Å². The van der Waals surface area contributed by atoms with Gasteiger partial charge in [0.05, 0.1) is 17.0 Å². The summed E-state index contributed by atoms with van der Waals surface area (Å²) in [6.07, 6.45) is 5.17. The van der Waals surface area contributed by atoms with Gasteiger partial charge in [-0.25, -0.2) is 0 Å². The third kappa shape index (κ3) is 6.42. The van der Waals surface area contributed by atoms with Crippen LogP contribution in [0.15, 0.2) is 59.6 Å². The first-order valence-corrected chi connectivity index (χ1v) is 13.1. The predicted octanol–water partition coefficient (Wildman–Crippen LogP) is 4.47. The van der Waals surface area contributed by atoms with Gasteiger partial charge in [-0.15, -0.1) is 0 Å². The minimum absolute atomic E-state index is 0.0933. The number of aryl methyl sites for hydroxylation is 1. The van der Waals surface area contributed by atoms with Crippen molar-refractivity contribution in [2.75, 3.05) is 33.4 Å². The lowest BCUT2D eigenvalue weighted by atomic mass is 10.1. The fourth-order valence-corrected chi connectivity index (χ4v) is 5.11. The number of imide groups is 1. The lowest BCUT2D eigenvalue weighted by Gasteiger charge is -2.13. The number of aromatic nitrogens is 1. The van der Waals surface area contributed by atoms with Crippen LogP contribution in [-0.2, 0) is 27.3 Å². The van der Waals surface area contributed by atoms with Gasteiger partial charge in [0.25, 0.3) is 11.1 Å². The van der Waals surface area contributed by atoms with Gasteiger partial charge in [-0.2, -0.15) is 0 Å². The zero-order valence-electron chi connectivity index (χ0n) is 21.1. The van der Waals surface area contributed by atoms with Gasteiger partial charge in [0.15, 0.2) is 0 Å². The number of nitrogens with zero attached hydrogens (tertiary/aromatic N) is 2. The van der Waals surface area contributed by atoms with Gasteiger partial charge in [0.2, 0.25) is 5.91 Å². The Bertz CT molecular complexity index is 1300. The van der Waals surface area contributed by atoms with E-state index < -0.39 is 0 Å². The Labute approximate surface area is 220 Å². The smallest absolute Gasteiger partial charge is 0.293 e. The van der Waals surface area contributed by atoms with Crippen molar-refractivity contribution in [3.05, 3.63) is 70.8 Å². The van der Waals surface area contributed by atoms with Crippen molar-refractivity contribution in [3.63, 3.8) is 0 Å². The molecule has 9 heteroatoms. The molecule has 2 heterocycles. The first-order chi connectivity index (χ1) is 18.0. The molecule has 3 aromatic rings. The van der Waals surface area contributed by atoms with Gasteiger partial charge in [0.1, 0.15) is 18.9 Å². The molecule has 0 atom stereocenters. The van der Waals surface area contributed by atoms with Crippen LogP contribution in [0.1, 0.15) is 24.5 Å². The van der Waals surface area contributed by atoms with Crippen LogP contribution in [0.5, 0.6) is 5.75 Å². The van der Waals surface area contributed by atoms with Gasteiger partial charge in [-0.1, -0.05) is 43.3 Å². The van der Waals surface area contributed by atoms with Gasteiger partial charge in [0, 0.05) is 37.4 Å². The number of ether oxygens (including phenoxy) is 2. The number of benzene rings is 2. The molecule has 1 aromatic heterocycles. The SMILES string of the molecule is CCc1cccc2c(/C=C3\SC(=O)N(CCOc4ccccc4)C3=O)cn(CC(=O)NCCCOC)c12. The van der Waals surface area contributed by atoms with Crippen LogP contribution in [0.2, 0.25) is 0 Å². The van der Waals surface area contributed by atoms with Crippen LogP contribution >= 0.6 is 11.8 Å². The number of rotatable bonds is 12. The van der Waals surface area contributed by atoms with Crippen molar-refractivity contribution in [2.45, 2.75) is 26.3 Å². The number of thioether (sulfide) groups is 1. The van der Waals surface area contributed by atoms with E-state index in [1.807, 2.05) is 59.3 Å². The number of amides is 3. The zero-order valence-corrected chi connectivity index (χ0v) is 21.9. The molecule has 0 unspecified atom stereocenters. The van der Waals surface area contributed by atoms with Crippen LogP contribution in [0.4, 0.5) is 4.79 Å². The number of fused-ring (bicyclic) bond motifs is 1. The Morgan fingerprint density at radius 2 is 1.89 bits per heavy atom. The summed E-state index contributed by atoms with van der Waals surface area (Å²) in [5.41, 5.74) is 2.86. The molecule has 0 spiro atoms. The van der Waals surface area contributed by atoms with Gasteiger partial charge >= 0.3 is 0 Å². The van der Waals surface area contributed by atoms with E-state index in [1.54, 1.807) is 13.2 Å². The van der Waals surface area contributed by atoms with Crippen molar-refractivity contribution in [2.24, 2.45) is 0 Å².